The number of fused-ring (bicyclic) bond motifs is 5. The first-order chi connectivity index (χ1) is 47.1. The van der Waals surface area contributed by atoms with E-state index in [-0.39, 0.29) is 107 Å². The predicted molar refractivity (Wildman–Crippen MR) is 353 cm³/mol. The molecule has 4 aromatic carbocycles. The number of ketones is 2. The molecule has 7 N–H and O–H groups in total. The number of carbonyl (C=O) groups is 6. The Kier molecular flexibility index (Phi) is 17.7. The number of rotatable bonds is 19. The van der Waals surface area contributed by atoms with E-state index in [2.05, 4.69) is 16.7 Å². The maximum Gasteiger partial charge on any atom is 0.333 e. The first-order valence-corrected chi connectivity index (χ1v) is 33.3. The van der Waals surface area contributed by atoms with Gasteiger partial charge in [0, 0.05) is 52.4 Å². The van der Waals surface area contributed by atoms with E-state index < -0.39 is 131 Å². The molecule has 1 saturated carbocycles. The van der Waals surface area contributed by atoms with Crippen LogP contribution in [-0.2, 0) is 39.8 Å². The zero-order valence-corrected chi connectivity index (χ0v) is 56.8. The van der Waals surface area contributed by atoms with Crippen molar-refractivity contribution in [1.82, 2.24) is 10.6 Å². The van der Waals surface area contributed by atoms with Crippen LogP contribution in [0.5, 0.6) is 51.7 Å². The number of cyclic esters (lactones) is 1. The summed E-state index contributed by atoms with van der Waals surface area (Å²) in [6.07, 6.45) is 4.60. The minimum absolute atomic E-state index is 0.00494. The number of phenolic OH excluding ortho intramolecular Hbond substituents is 1. The number of phenols is 1. The van der Waals surface area contributed by atoms with Gasteiger partial charge in [0.25, 0.3) is 5.91 Å². The average molecular weight is 1360 g/mol. The summed E-state index contributed by atoms with van der Waals surface area (Å²) in [5.41, 5.74) is -1.05. The van der Waals surface area contributed by atoms with Crippen LogP contribution in [0.2, 0.25) is 0 Å². The molecular weight excluding hydrogens is 1280 g/mol. The molecule has 4 aliphatic carbocycles. The van der Waals surface area contributed by atoms with Crippen LogP contribution in [0, 0.1) is 23.7 Å². The molecule has 15 atom stereocenters. The highest BCUT2D eigenvalue weighted by molar-refractivity contribution is 6.19. The molecule has 4 fully saturated rings. The first-order valence-electron chi connectivity index (χ1n) is 33.3. The molecule has 24 nitrogen and oxygen atoms in total. The maximum absolute atomic E-state index is 16.4. The van der Waals surface area contributed by atoms with Crippen molar-refractivity contribution in [2.75, 3.05) is 34.2 Å². The van der Waals surface area contributed by atoms with Gasteiger partial charge in [0.1, 0.15) is 58.9 Å². The highest BCUT2D eigenvalue weighted by Gasteiger charge is 2.81. The van der Waals surface area contributed by atoms with Crippen molar-refractivity contribution in [2.24, 2.45) is 23.7 Å². The Morgan fingerprint density at radius 1 is 0.828 bits per heavy atom. The van der Waals surface area contributed by atoms with E-state index in [0.29, 0.717) is 46.6 Å². The van der Waals surface area contributed by atoms with Crippen molar-refractivity contribution < 1.29 is 106 Å². The molecule has 99 heavy (non-hydrogen) atoms. The second-order valence-electron chi connectivity index (χ2n) is 28.3. The molecule has 1 spiro atoms. The van der Waals surface area contributed by atoms with Gasteiger partial charge in [0.2, 0.25) is 24.7 Å². The molecule has 4 bridgehead atoms. The SMILES string of the molecule is COc1cc(C2c3cc4c(cc3C(NC(=O)C(C)=CCC35OC(C)(C)C6CC(C=C7C(=O)c8c(OC(=O)C(C)NC(=O)c9ccc(O[C@@H]%10O[C@H](CO)[C@@H](O)[C@@H](O)[C@H]%10O)cc9)c9c(c(CC=C(C)C)c8OC763)OC(C)(CCC=C(C)C)C=C9)C5=O)C3COC(=O)C23)OCO4)cc(OC)c1O. The molecule has 524 valence electrons. The molecule has 10 unspecified atom stereocenters. The number of carbonyl (C=O) groups excluding carboxylic acids is 6. The van der Waals surface area contributed by atoms with Gasteiger partial charge in [-0.1, -0.05) is 35.5 Å². The Hall–Kier alpha value is -9.04. The van der Waals surface area contributed by atoms with Crippen LogP contribution in [0.15, 0.2) is 101 Å². The van der Waals surface area contributed by atoms with Crippen molar-refractivity contribution in [1.29, 1.82) is 0 Å². The number of aliphatic hydroxyl groups excluding tert-OH is 4. The van der Waals surface area contributed by atoms with Gasteiger partial charge in [-0.2, -0.15) is 0 Å². The zero-order valence-electron chi connectivity index (χ0n) is 56.8. The molecule has 14 rings (SSSR count). The van der Waals surface area contributed by atoms with Crippen molar-refractivity contribution in [3.63, 3.8) is 0 Å². The number of allylic oxidation sites excluding steroid dienone is 5. The number of hydrogen-bond acceptors (Lipinski definition) is 22. The van der Waals surface area contributed by atoms with E-state index >= 15 is 14.4 Å². The summed E-state index contributed by atoms with van der Waals surface area (Å²) in [6, 6.07) is 10.2. The van der Waals surface area contributed by atoms with Gasteiger partial charge in [-0.05, 0) is 165 Å². The van der Waals surface area contributed by atoms with Crippen LogP contribution in [0.4, 0.5) is 0 Å². The fraction of sp³-hybridized carbons (Fsp3) is 0.467. The number of hydrogen-bond donors (Lipinski definition) is 7. The standard InChI is InChI=1S/C75H82N2O22/c1-34(2)13-12-22-73(9)23-21-43-63(97-73)42(19-14-35(3)4)65-56(64(43)96-69(87)37(6)76-68(86)38-15-17-41(18-16-38)94-71-62(83)61(82)60(81)52(31-78)95-71)58(79)47-25-40-28-53-72(7,8)99-74(66(40)84,75(47,53)98-65)24-20-36(5)67(85)77-57-45-30-49-48(92-33-93-49)29-44(45)54(55-46(57)32-91-70(55)88)39-26-50(89-10)59(80)51(27-39)90-11/h13-18,20-21,23,25-27,29-30,37,40,46,52-55,57,60-62,71,78,80-83H,12,19,22,24,28,31-33H2,1-11H3,(H,76,86)(H,77,85)/t37?,40?,46?,52-,53?,54?,55?,57?,60-,61-,62-,71-,73?,74?,75?/m1/s1. The van der Waals surface area contributed by atoms with Gasteiger partial charge in [-0.3, -0.25) is 24.0 Å². The number of nitrogens with one attached hydrogen (secondary N) is 2. The van der Waals surface area contributed by atoms with E-state index in [1.54, 1.807) is 49.4 Å². The molecule has 24 heteroatoms. The molecule has 10 aliphatic rings. The summed E-state index contributed by atoms with van der Waals surface area (Å²) in [4.78, 5) is 90.0. The number of Topliss-reactive ketones (excluding diaryl/α,β-unsaturated/α-hetero) is 2. The lowest BCUT2D eigenvalue weighted by Crippen LogP contribution is -2.72. The molecule has 6 heterocycles. The van der Waals surface area contributed by atoms with E-state index in [1.165, 1.54) is 45.4 Å². The molecule has 0 radical (unpaired) electrons. The lowest BCUT2D eigenvalue weighted by atomic mass is 9.51. The number of ether oxygens (including phenoxy) is 11. The van der Waals surface area contributed by atoms with Crippen molar-refractivity contribution in [3.8, 4) is 51.7 Å². The summed E-state index contributed by atoms with van der Waals surface area (Å²) in [6.45, 7) is 15.8. The van der Waals surface area contributed by atoms with Crippen LogP contribution < -0.4 is 48.5 Å². The average Bonchev–Trinajstić information content (AvgIpc) is 1.53. The molecule has 6 aliphatic heterocycles. The predicted octanol–water partition coefficient (Wildman–Crippen LogP) is 7.60. The topological polar surface area (TPSA) is 329 Å². The quantitative estimate of drug-likeness (QED) is 0.0206. The number of aliphatic hydroxyl groups is 4. The number of esters is 2. The Morgan fingerprint density at radius 3 is 2.18 bits per heavy atom. The zero-order chi connectivity index (χ0) is 70.7. The number of aromatic hydroxyl groups is 1. The van der Waals surface area contributed by atoms with Crippen LogP contribution in [-0.4, -0.2) is 154 Å². The molecule has 2 amide bonds. The smallest absolute Gasteiger partial charge is 0.333 e. The largest absolute Gasteiger partial charge is 0.502 e. The van der Waals surface area contributed by atoms with Crippen LogP contribution in [0.3, 0.4) is 0 Å². The fourth-order valence-electron chi connectivity index (χ4n) is 15.9. The lowest BCUT2D eigenvalue weighted by molar-refractivity contribution is -0.277. The summed E-state index contributed by atoms with van der Waals surface area (Å²) < 4.78 is 68.3. The van der Waals surface area contributed by atoms with Crippen LogP contribution in [0.1, 0.15) is 148 Å². The van der Waals surface area contributed by atoms with Gasteiger partial charge in [0.05, 0.1) is 50.6 Å². The third kappa shape index (κ3) is 11.4. The Morgan fingerprint density at radius 2 is 1.52 bits per heavy atom. The lowest BCUT2D eigenvalue weighted by Gasteiger charge is -2.56. The first kappa shape index (κ1) is 68.5. The van der Waals surface area contributed by atoms with Gasteiger partial charge in [0.15, 0.2) is 51.5 Å². The third-order valence-electron chi connectivity index (χ3n) is 20.9. The second kappa shape index (κ2) is 25.6. The number of benzene rings is 4. The minimum Gasteiger partial charge on any atom is -0.502 e. The van der Waals surface area contributed by atoms with E-state index in [4.69, 9.17) is 52.1 Å². The highest BCUT2D eigenvalue weighted by Crippen LogP contribution is 2.69. The van der Waals surface area contributed by atoms with Crippen molar-refractivity contribution >= 4 is 41.4 Å². The Labute approximate surface area is 571 Å². The van der Waals surface area contributed by atoms with E-state index in [1.807, 2.05) is 60.6 Å². The van der Waals surface area contributed by atoms with Gasteiger partial charge in [-0.15, -0.1) is 0 Å². The molecule has 3 saturated heterocycles. The van der Waals surface area contributed by atoms with Crippen molar-refractivity contribution in [3.05, 3.63) is 140 Å². The fourth-order valence-corrected chi connectivity index (χ4v) is 15.9. The summed E-state index contributed by atoms with van der Waals surface area (Å²) >= 11 is 0. The van der Waals surface area contributed by atoms with E-state index in [0.717, 1.165) is 11.1 Å². The molecular formula is C75H82N2O22. The Bertz CT molecular complexity index is 4170. The minimum atomic E-state index is -1.93. The summed E-state index contributed by atoms with van der Waals surface area (Å²) in [5, 5.41) is 57.6. The van der Waals surface area contributed by atoms with Crippen LogP contribution in [0.25, 0.3) is 6.08 Å². The molecule has 0 aromatic heterocycles. The summed E-state index contributed by atoms with van der Waals surface area (Å²) in [5.74, 6) is -6.32. The highest BCUT2D eigenvalue weighted by atomic mass is 16.7. The Balaban J connectivity index is 0.849. The maximum atomic E-state index is 16.4. The summed E-state index contributed by atoms with van der Waals surface area (Å²) in [7, 11) is 2.81. The van der Waals surface area contributed by atoms with Crippen LogP contribution >= 0.6 is 0 Å². The van der Waals surface area contributed by atoms with Gasteiger partial charge < -0.3 is 88.3 Å². The third-order valence-corrected chi connectivity index (χ3v) is 20.9. The monoisotopic (exact) mass is 1360 g/mol. The second-order valence-corrected chi connectivity index (χ2v) is 28.3. The van der Waals surface area contributed by atoms with Gasteiger partial charge in [-0.25, -0.2) is 4.79 Å². The van der Waals surface area contributed by atoms with Crippen molar-refractivity contribution in [2.45, 2.75) is 166 Å². The normalized spacial score (nSPS) is 30.1. The molecule has 4 aromatic rings. The number of methoxy groups -OCH3 is 2. The number of amides is 2. The van der Waals surface area contributed by atoms with Gasteiger partial charge >= 0.3 is 11.9 Å². The van der Waals surface area contributed by atoms with E-state index in [9.17, 15) is 39.9 Å².